The second-order valence-corrected chi connectivity index (χ2v) is 6.13. The maximum absolute atomic E-state index is 10.6. The average molecular weight is 334 g/mol. The van der Waals surface area contributed by atoms with Gasteiger partial charge in [-0.3, -0.25) is 0 Å². The second kappa shape index (κ2) is 8.64. The zero-order valence-corrected chi connectivity index (χ0v) is 14.3. The number of carboxylic acids is 1. The highest BCUT2D eigenvalue weighted by molar-refractivity contribution is 7.13. The number of hydrogen-bond donors (Lipinski definition) is 1. The van der Waals surface area contributed by atoms with E-state index in [9.17, 15) is 9.90 Å². The fraction of sp³-hybridized carbons (Fsp3) is 0.412. The molecule has 1 aromatic carbocycles. The van der Waals surface area contributed by atoms with Crippen LogP contribution in [0, 0.1) is 0 Å². The molecule has 1 N–H and O–H groups in total. The molecule has 0 aliphatic rings. The van der Waals surface area contributed by atoms with Crippen LogP contribution in [0.2, 0.25) is 0 Å². The second-order valence-electron chi connectivity index (χ2n) is 5.28. The third-order valence-corrected chi connectivity index (χ3v) is 4.62. The SMILES string of the molecule is CC[NH+](CC)CCOc1cccc(-c2nc(CC(=O)[O-])cs2)c1. The van der Waals surface area contributed by atoms with Crippen molar-refractivity contribution >= 4 is 17.3 Å². The molecule has 0 fully saturated rings. The van der Waals surface area contributed by atoms with E-state index in [1.54, 1.807) is 5.38 Å². The minimum absolute atomic E-state index is 0.153. The number of rotatable bonds is 9. The molecular formula is C17H22N2O3S. The van der Waals surface area contributed by atoms with Crippen LogP contribution in [0.3, 0.4) is 0 Å². The maximum Gasteiger partial charge on any atom is 0.137 e. The normalized spacial score (nSPS) is 10.9. The number of carbonyl (C=O) groups is 1. The van der Waals surface area contributed by atoms with Crippen LogP contribution in [0.15, 0.2) is 29.6 Å². The fourth-order valence-corrected chi connectivity index (χ4v) is 3.12. The molecule has 0 saturated heterocycles. The fourth-order valence-electron chi connectivity index (χ4n) is 2.30. The number of carbonyl (C=O) groups excluding carboxylic acids is 1. The van der Waals surface area contributed by atoms with E-state index < -0.39 is 5.97 Å². The van der Waals surface area contributed by atoms with Crippen LogP contribution in [0.4, 0.5) is 0 Å². The minimum atomic E-state index is -1.11. The molecule has 0 bridgehead atoms. The van der Waals surface area contributed by atoms with E-state index in [1.807, 2.05) is 24.3 Å². The maximum atomic E-state index is 10.6. The Morgan fingerprint density at radius 1 is 1.35 bits per heavy atom. The van der Waals surface area contributed by atoms with E-state index in [2.05, 4.69) is 18.8 Å². The third-order valence-electron chi connectivity index (χ3n) is 3.68. The van der Waals surface area contributed by atoms with Crippen LogP contribution in [0.25, 0.3) is 10.6 Å². The summed E-state index contributed by atoms with van der Waals surface area (Å²) in [5.74, 6) is -0.302. The van der Waals surface area contributed by atoms with Crippen molar-refractivity contribution in [3.8, 4) is 16.3 Å². The first kappa shape index (κ1) is 17.4. The Morgan fingerprint density at radius 3 is 2.83 bits per heavy atom. The van der Waals surface area contributed by atoms with E-state index in [1.165, 1.54) is 16.2 Å². The summed E-state index contributed by atoms with van der Waals surface area (Å²) >= 11 is 1.43. The Morgan fingerprint density at radius 2 is 2.13 bits per heavy atom. The molecule has 124 valence electrons. The van der Waals surface area contributed by atoms with Gasteiger partial charge < -0.3 is 19.5 Å². The molecule has 0 aliphatic carbocycles. The summed E-state index contributed by atoms with van der Waals surface area (Å²) in [6.07, 6.45) is -0.153. The quantitative estimate of drug-likeness (QED) is 0.721. The Hall–Kier alpha value is -1.92. The number of benzene rings is 1. The van der Waals surface area contributed by atoms with Gasteiger partial charge in [0.1, 0.15) is 23.9 Å². The number of ether oxygens (including phenoxy) is 1. The molecule has 0 atom stereocenters. The van der Waals surface area contributed by atoms with Gasteiger partial charge >= 0.3 is 0 Å². The van der Waals surface area contributed by atoms with Gasteiger partial charge in [-0.05, 0) is 26.0 Å². The van der Waals surface area contributed by atoms with E-state index in [-0.39, 0.29) is 6.42 Å². The number of likely N-dealkylation sites (N-methyl/N-ethyl adjacent to an activating group) is 1. The highest BCUT2D eigenvalue weighted by Gasteiger charge is 2.07. The van der Waals surface area contributed by atoms with Gasteiger partial charge in [-0.25, -0.2) is 4.98 Å². The summed E-state index contributed by atoms with van der Waals surface area (Å²) < 4.78 is 5.83. The lowest BCUT2D eigenvalue weighted by atomic mass is 10.2. The molecule has 0 saturated carbocycles. The molecule has 23 heavy (non-hydrogen) atoms. The van der Waals surface area contributed by atoms with Crippen LogP contribution in [0.1, 0.15) is 19.5 Å². The van der Waals surface area contributed by atoms with E-state index in [0.717, 1.165) is 36.0 Å². The molecule has 0 amide bonds. The Kier molecular flexibility index (Phi) is 6.55. The molecule has 0 unspecified atom stereocenters. The predicted octanol–water partition coefficient (Wildman–Crippen LogP) is 0.406. The lowest BCUT2D eigenvalue weighted by Gasteiger charge is -2.15. The summed E-state index contributed by atoms with van der Waals surface area (Å²) in [4.78, 5) is 16.5. The first-order chi connectivity index (χ1) is 11.1. The molecule has 1 heterocycles. The minimum Gasteiger partial charge on any atom is -0.550 e. The topological polar surface area (TPSA) is 66.7 Å². The van der Waals surface area contributed by atoms with Crippen LogP contribution in [0.5, 0.6) is 5.75 Å². The van der Waals surface area contributed by atoms with Crippen molar-refractivity contribution in [2.75, 3.05) is 26.2 Å². The number of aliphatic carboxylic acids is 1. The number of aromatic nitrogens is 1. The number of nitrogens with zero attached hydrogens (tertiary/aromatic N) is 1. The van der Waals surface area contributed by atoms with E-state index >= 15 is 0 Å². The van der Waals surface area contributed by atoms with Crippen molar-refractivity contribution in [1.82, 2.24) is 4.98 Å². The van der Waals surface area contributed by atoms with Gasteiger partial charge in [-0.1, -0.05) is 12.1 Å². The van der Waals surface area contributed by atoms with Crippen LogP contribution >= 0.6 is 11.3 Å². The van der Waals surface area contributed by atoms with Crippen LogP contribution < -0.4 is 14.7 Å². The molecular weight excluding hydrogens is 312 g/mol. The smallest absolute Gasteiger partial charge is 0.137 e. The molecule has 2 aromatic rings. The van der Waals surface area contributed by atoms with Gasteiger partial charge in [0.25, 0.3) is 0 Å². The van der Waals surface area contributed by atoms with Gasteiger partial charge in [0.2, 0.25) is 0 Å². The average Bonchev–Trinajstić information content (AvgIpc) is 2.99. The largest absolute Gasteiger partial charge is 0.550 e. The summed E-state index contributed by atoms with van der Waals surface area (Å²) in [5, 5.41) is 13.2. The Labute approximate surface area is 140 Å². The summed E-state index contributed by atoms with van der Waals surface area (Å²) in [5.41, 5.74) is 1.47. The van der Waals surface area contributed by atoms with Gasteiger partial charge in [0, 0.05) is 23.3 Å². The van der Waals surface area contributed by atoms with E-state index in [0.29, 0.717) is 12.3 Å². The molecule has 0 spiro atoms. The number of nitrogens with one attached hydrogen (secondary N) is 1. The highest BCUT2D eigenvalue weighted by Crippen LogP contribution is 2.27. The first-order valence-corrected chi connectivity index (χ1v) is 8.71. The Balaban J connectivity index is 1.99. The van der Waals surface area contributed by atoms with Gasteiger partial charge in [-0.15, -0.1) is 11.3 Å². The van der Waals surface area contributed by atoms with E-state index in [4.69, 9.17) is 4.74 Å². The van der Waals surface area contributed by atoms with Crippen LogP contribution in [-0.2, 0) is 11.2 Å². The van der Waals surface area contributed by atoms with Crippen molar-refractivity contribution in [3.05, 3.63) is 35.3 Å². The first-order valence-electron chi connectivity index (χ1n) is 7.83. The lowest BCUT2D eigenvalue weighted by Crippen LogP contribution is -3.12. The molecule has 0 radical (unpaired) electrons. The predicted molar refractivity (Wildman–Crippen MR) is 88.7 cm³/mol. The third kappa shape index (κ3) is 5.33. The number of carboxylic acid groups (broad SMARTS) is 1. The zero-order valence-electron chi connectivity index (χ0n) is 13.5. The summed E-state index contributed by atoms with van der Waals surface area (Å²) in [7, 11) is 0. The van der Waals surface area contributed by atoms with Crippen molar-refractivity contribution in [2.45, 2.75) is 20.3 Å². The zero-order chi connectivity index (χ0) is 16.7. The molecule has 5 nitrogen and oxygen atoms in total. The molecule has 1 aromatic heterocycles. The number of hydrogen-bond acceptors (Lipinski definition) is 5. The molecule has 0 aliphatic heterocycles. The van der Waals surface area contributed by atoms with Crippen molar-refractivity contribution in [2.24, 2.45) is 0 Å². The van der Waals surface area contributed by atoms with Crippen molar-refractivity contribution < 1.29 is 19.5 Å². The van der Waals surface area contributed by atoms with Gasteiger partial charge in [-0.2, -0.15) is 0 Å². The van der Waals surface area contributed by atoms with Gasteiger partial charge in [0.05, 0.1) is 18.8 Å². The van der Waals surface area contributed by atoms with Crippen molar-refractivity contribution in [3.63, 3.8) is 0 Å². The summed E-state index contributed by atoms with van der Waals surface area (Å²) in [6, 6.07) is 7.74. The van der Waals surface area contributed by atoms with Crippen LogP contribution in [-0.4, -0.2) is 37.2 Å². The molecule has 6 heteroatoms. The molecule has 2 rings (SSSR count). The lowest BCUT2D eigenvalue weighted by molar-refractivity contribution is -0.896. The highest BCUT2D eigenvalue weighted by atomic mass is 32.1. The summed E-state index contributed by atoms with van der Waals surface area (Å²) in [6.45, 7) is 8.19. The van der Waals surface area contributed by atoms with Crippen molar-refractivity contribution in [1.29, 1.82) is 0 Å². The number of quaternary nitrogens is 1. The number of thiazole rings is 1. The Bertz CT molecular complexity index is 638. The monoisotopic (exact) mass is 334 g/mol. The van der Waals surface area contributed by atoms with Gasteiger partial charge in [0.15, 0.2) is 0 Å². The standard InChI is InChI=1S/C17H22N2O3S/c1-3-19(4-2)8-9-22-15-7-5-6-13(10-15)17-18-14(12-23-17)11-16(20)21/h5-7,10,12H,3-4,8-9,11H2,1-2H3,(H,20,21).